The molecule has 4 heteroatoms. The number of hydrogen-bond donors (Lipinski definition) is 1. The van der Waals surface area contributed by atoms with Gasteiger partial charge in [-0.15, -0.1) is 0 Å². The van der Waals surface area contributed by atoms with E-state index in [0.29, 0.717) is 6.54 Å². The van der Waals surface area contributed by atoms with Crippen LogP contribution in [0.5, 0.6) is 0 Å². The van der Waals surface area contributed by atoms with Crippen LogP contribution in [0.15, 0.2) is 24.3 Å². The average molecular weight is 226 g/mol. The van der Waals surface area contributed by atoms with E-state index in [1.807, 2.05) is 18.0 Å². The number of nitrogens with two attached hydrogens (primary N) is 1. The summed E-state index contributed by atoms with van der Waals surface area (Å²) in [6.45, 7) is 1.30. The summed E-state index contributed by atoms with van der Waals surface area (Å²) >= 11 is 0. The quantitative estimate of drug-likeness (QED) is 0.801. The van der Waals surface area contributed by atoms with Crippen LogP contribution in [0.2, 0.25) is 0 Å². The summed E-state index contributed by atoms with van der Waals surface area (Å²) in [4.78, 5) is 1.99. The van der Waals surface area contributed by atoms with E-state index in [-0.39, 0.29) is 11.9 Å². The number of nitrogens with zero attached hydrogens (tertiary/aromatic N) is 1. The smallest absolute Gasteiger partial charge is 0.125 e. The molecule has 0 aromatic heterocycles. The van der Waals surface area contributed by atoms with Crippen molar-refractivity contribution in [3.63, 3.8) is 0 Å². The molecule has 0 saturated carbocycles. The molecule has 3 nitrogen and oxygen atoms in total. The van der Waals surface area contributed by atoms with Gasteiger partial charge in [0.2, 0.25) is 0 Å². The van der Waals surface area contributed by atoms with E-state index in [2.05, 4.69) is 0 Å². The van der Waals surface area contributed by atoms with Gasteiger partial charge in [-0.1, -0.05) is 6.07 Å². The van der Waals surface area contributed by atoms with Crippen molar-refractivity contribution in [3.8, 4) is 0 Å². The largest absolute Gasteiger partial charge is 0.380 e. The average Bonchev–Trinajstić information content (AvgIpc) is 2.30. The third-order valence-corrected chi connectivity index (χ3v) is 2.63. The van der Waals surface area contributed by atoms with Gasteiger partial charge in [0, 0.05) is 32.9 Å². The summed E-state index contributed by atoms with van der Waals surface area (Å²) < 4.78 is 18.2. The van der Waals surface area contributed by atoms with Crippen LogP contribution in [-0.4, -0.2) is 33.4 Å². The Morgan fingerprint density at radius 2 is 2.25 bits per heavy atom. The zero-order chi connectivity index (χ0) is 12.0. The van der Waals surface area contributed by atoms with Crippen molar-refractivity contribution in [1.82, 2.24) is 0 Å². The molecule has 0 aliphatic heterocycles. The van der Waals surface area contributed by atoms with Crippen LogP contribution in [0, 0.1) is 5.82 Å². The molecule has 0 aliphatic rings. The maximum Gasteiger partial charge on any atom is 0.125 e. The summed E-state index contributed by atoms with van der Waals surface area (Å²) in [5, 5.41) is 0. The summed E-state index contributed by atoms with van der Waals surface area (Å²) in [6.07, 6.45) is 0.899. The Bertz CT molecular complexity index is 316. The highest BCUT2D eigenvalue weighted by Crippen LogP contribution is 2.14. The van der Waals surface area contributed by atoms with Crippen LogP contribution in [0.1, 0.15) is 6.42 Å². The molecule has 16 heavy (non-hydrogen) atoms. The van der Waals surface area contributed by atoms with Crippen LogP contribution >= 0.6 is 0 Å². The van der Waals surface area contributed by atoms with Gasteiger partial charge >= 0.3 is 0 Å². The lowest BCUT2D eigenvalue weighted by Crippen LogP contribution is -2.28. The van der Waals surface area contributed by atoms with Crippen molar-refractivity contribution in [1.29, 1.82) is 0 Å². The van der Waals surface area contributed by atoms with Crippen LogP contribution in [-0.2, 0) is 4.74 Å². The van der Waals surface area contributed by atoms with Crippen LogP contribution in [0.3, 0.4) is 0 Å². The van der Waals surface area contributed by atoms with Gasteiger partial charge in [-0.05, 0) is 24.6 Å². The van der Waals surface area contributed by atoms with E-state index in [4.69, 9.17) is 10.5 Å². The second kappa shape index (κ2) is 6.45. The molecular weight excluding hydrogens is 207 g/mol. The lowest BCUT2D eigenvalue weighted by atomic mass is 10.2. The second-order valence-corrected chi connectivity index (χ2v) is 3.78. The van der Waals surface area contributed by atoms with Crippen molar-refractivity contribution in [2.24, 2.45) is 5.73 Å². The molecule has 2 N–H and O–H groups in total. The third kappa shape index (κ3) is 3.79. The van der Waals surface area contributed by atoms with Gasteiger partial charge in [0.1, 0.15) is 5.82 Å². The van der Waals surface area contributed by atoms with Crippen LogP contribution in [0.25, 0.3) is 0 Å². The van der Waals surface area contributed by atoms with Crippen molar-refractivity contribution < 1.29 is 9.13 Å². The Kier molecular flexibility index (Phi) is 5.22. The number of hydrogen-bond acceptors (Lipinski definition) is 3. The molecule has 90 valence electrons. The maximum absolute atomic E-state index is 13.0. The molecule has 1 rings (SSSR count). The molecule has 1 atom stereocenters. The normalized spacial score (nSPS) is 12.5. The number of benzene rings is 1. The van der Waals surface area contributed by atoms with Gasteiger partial charge < -0.3 is 15.4 Å². The van der Waals surface area contributed by atoms with Gasteiger partial charge in [0.15, 0.2) is 0 Å². The lowest BCUT2D eigenvalue weighted by Gasteiger charge is -2.22. The first kappa shape index (κ1) is 12.9. The van der Waals surface area contributed by atoms with Crippen LogP contribution in [0.4, 0.5) is 10.1 Å². The molecule has 0 amide bonds. The topological polar surface area (TPSA) is 38.5 Å². The molecule has 1 aromatic carbocycles. The fourth-order valence-electron chi connectivity index (χ4n) is 1.51. The lowest BCUT2D eigenvalue weighted by molar-refractivity contribution is 0.104. The van der Waals surface area contributed by atoms with E-state index in [0.717, 1.165) is 18.7 Å². The minimum absolute atomic E-state index is 0.0657. The molecule has 0 aliphatic carbocycles. The summed E-state index contributed by atoms with van der Waals surface area (Å²) in [5.41, 5.74) is 6.40. The van der Waals surface area contributed by atoms with Gasteiger partial charge in [-0.25, -0.2) is 4.39 Å². The second-order valence-electron chi connectivity index (χ2n) is 3.78. The molecule has 0 radical (unpaired) electrons. The first-order chi connectivity index (χ1) is 7.67. The van der Waals surface area contributed by atoms with Gasteiger partial charge in [-0.2, -0.15) is 0 Å². The summed E-state index contributed by atoms with van der Waals surface area (Å²) in [6, 6.07) is 6.55. The first-order valence-corrected chi connectivity index (χ1v) is 5.37. The number of methoxy groups -OCH3 is 1. The summed E-state index contributed by atoms with van der Waals surface area (Å²) in [5.74, 6) is -0.216. The van der Waals surface area contributed by atoms with E-state index in [1.165, 1.54) is 12.1 Å². The monoisotopic (exact) mass is 226 g/mol. The van der Waals surface area contributed by atoms with Crippen molar-refractivity contribution in [2.75, 3.05) is 32.1 Å². The van der Waals surface area contributed by atoms with Gasteiger partial charge in [0.25, 0.3) is 0 Å². The number of rotatable bonds is 6. The summed E-state index contributed by atoms with van der Waals surface area (Å²) in [7, 11) is 3.58. The predicted octanol–water partition coefficient (Wildman–Crippen LogP) is 1.63. The predicted molar refractivity (Wildman–Crippen MR) is 64.1 cm³/mol. The Balaban J connectivity index is 2.49. The minimum atomic E-state index is -0.216. The van der Waals surface area contributed by atoms with E-state index in [9.17, 15) is 4.39 Å². The minimum Gasteiger partial charge on any atom is -0.380 e. The highest BCUT2D eigenvalue weighted by Gasteiger charge is 2.07. The number of halogens is 1. The SMILES string of the molecule is COC(CN)CCN(C)c1cccc(F)c1. The highest BCUT2D eigenvalue weighted by molar-refractivity contribution is 5.45. The molecule has 1 unspecified atom stereocenters. The molecule has 0 heterocycles. The molecule has 0 spiro atoms. The fraction of sp³-hybridized carbons (Fsp3) is 0.500. The standard InChI is InChI=1S/C12H19FN2O/c1-15(7-6-12(9-14)16-2)11-5-3-4-10(13)8-11/h3-5,8,12H,6-7,9,14H2,1-2H3. The van der Waals surface area contributed by atoms with E-state index in [1.54, 1.807) is 13.2 Å². The zero-order valence-electron chi connectivity index (χ0n) is 9.82. The molecule has 1 aromatic rings. The van der Waals surface area contributed by atoms with Crippen LogP contribution < -0.4 is 10.6 Å². The van der Waals surface area contributed by atoms with E-state index >= 15 is 0 Å². The first-order valence-electron chi connectivity index (χ1n) is 5.37. The fourth-order valence-corrected chi connectivity index (χ4v) is 1.51. The highest BCUT2D eigenvalue weighted by atomic mass is 19.1. The Labute approximate surface area is 96.0 Å². The van der Waals surface area contributed by atoms with Crippen molar-refractivity contribution >= 4 is 5.69 Å². The Hall–Kier alpha value is -1.13. The van der Waals surface area contributed by atoms with Gasteiger partial charge in [0.05, 0.1) is 6.10 Å². The third-order valence-electron chi connectivity index (χ3n) is 2.63. The maximum atomic E-state index is 13.0. The number of anilines is 1. The molecule has 0 saturated heterocycles. The Morgan fingerprint density at radius 3 is 2.81 bits per heavy atom. The molecule has 0 bridgehead atoms. The molecular formula is C12H19FN2O. The zero-order valence-corrected chi connectivity index (χ0v) is 9.82. The molecule has 0 fully saturated rings. The van der Waals surface area contributed by atoms with Crippen molar-refractivity contribution in [2.45, 2.75) is 12.5 Å². The van der Waals surface area contributed by atoms with E-state index < -0.39 is 0 Å². The Morgan fingerprint density at radius 1 is 1.50 bits per heavy atom. The van der Waals surface area contributed by atoms with Gasteiger partial charge in [-0.3, -0.25) is 0 Å². The number of ether oxygens (including phenoxy) is 1. The van der Waals surface area contributed by atoms with Crippen molar-refractivity contribution in [3.05, 3.63) is 30.1 Å².